The number of likely N-dealkylation sites (N-methyl/N-ethyl adjacent to an activating group) is 1. The van der Waals surface area contributed by atoms with Crippen LogP contribution in [0.2, 0.25) is 5.02 Å². The first-order valence-corrected chi connectivity index (χ1v) is 11.9. The van der Waals surface area contributed by atoms with Gasteiger partial charge in [0.05, 0.1) is 16.5 Å². The summed E-state index contributed by atoms with van der Waals surface area (Å²) in [6.07, 6.45) is 0.465. The lowest BCUT2D eigenvalue weighted by Crippen LogP contribution is -2.45. The molecule has 1 aromatic heterocycles. The standard InChI is InChI=1S/C20H27ClN2O4S/c1-4-22(5-2)10-11-23(15-9-12-28(25,26)13-15)20(24)18-14(3)16-7-6-8-17(21)19(16)27-18/h6-8,15H,4-5,9-13H2,1-3H3. The molecule has 2 heterocycles. The Hall–Kier alpha value is -1.57. The molecule has 1 aliphatic rings. The lowest BCUT2D eigenvalue weighted by Gasteiger charge is -2.30. The van der Waals surface area contributed by atoms with Gasteiger partial charge in [-0.3, -0.25) is 4.79 Å². The lowest BCUT2D eigenvalue weighted by molar-refractivity contribution is 0.0643. The van der Waals surface area contributed by atoms with Crippen LogP contribution in [0.15, 0.2) is 22.6 Å². The molecule has 0 N–H and O–H groups in total. The first kappa shape index (κ1) is 21.1. The van der Waals surface area contributed by atoms with Crippen molar-refractivity contribution in [1.29, 1.82) is 0 Å². The molecule has 1 unspecified atom stereocenters. The third-order valence-corrected chi connectivity index (χ3v) is 7.62. The van der Waals surface area contributed by atoms with Crippen LogP contribution < -0.4 is 0 Å². The molecular weight excluding hydrogens is 400 g/mol. The van der Waals surface area contributed by atoms with E-state index in [-0.39, 0.29) is 29.2 Å². The maximum absolute atomic E-state index is 13.4. The van der Waals surface area contributed by atoms with Gasteiger partial charge in [-0.05, 0) is 32.5 Å². The Morgan fingerprint density at radius 3 is 2.54 bits per heavy atom. The number of fused-ring (bicyclic) bond motifs is 1. The van der Waals surface area contributed by atoms with Crippen LogP contribution in [-0.2, 0) is 9.84 Å². The van der Waals surface area contributed by atoms with Gasteiger partial charge in [-0.25, -0.2) is 8.42 Å². The van der Waals surface area contributed by atoms with Gasteiger partial charge in [-0.15, -0.1) is 0 Å². The molecule has 2 aromatic rings. The van der Waals surface area contributed by atoms with Crippen molar-refractivity contribution >= 4 is 38.3 Å². The fourth-order valence-electron chi connectivity index (χ4n) is 3.80. The van der Waals surface area contributed by atoms with Crippen molar-refractivity contribution in [3.63, 3.8) is 0 Å². The van der Waals surface area contributed by atoms with Crippen LogP contribution in [-0.4, -0.2) is 67.9 Å². The fourth-order valence-corrected chi connectivity index (χ4v) is 5.75. The second-order valence-corrected chi connectivity index (χ2v) is 9.89. The minimum Gasteiger partial charge on any atom is -0.449 e. The maximum atomic E-state index is 13.4. The van der Waals surface area contributed by atoms with E-state index in [1.165, 1.54) is 0 Å². The lowest BCUT2D eigenvalue weighted by atomic mass is 10.1. The van der Waals surface area contributed by atoms with Crippen molar-refractivity contribution in [2.75, 3.05) is 37.7 Å². The molecule has 0 radical (unpaired) electrons. The van der Waals surface area contributed by atoms with Gasteiger partial charge in [0.1, 0.15) is 0 Å². The van der Waals surface area contributed by atoms with Crippen LogP contribution in [0.4, 0.5) is 0 Å². The van der Waals surface area contributed by atoms with Crippen LogP contribution >= 0.6 is 11.6 Å². The first-order valence-electron chi connectivity index (χ1n) is 9.68. The van der Waals surface area contributed by atoms with E-state index in [0.29, 0.717) is 30.1 Å². The van der Waals surface area contributed by atoms with Crippen LogP contribution in [0.1, 0.15) is 36.4 Å². The van der Waals surface area contributed by atoms with Crippen LogP contribution in [0, 0.1) is 6.92 Å². The molecule has 3 rings (SSSR count). The summed E-state index contributed by atoms with van der Waals surface area (Å²) < 4.78 is 29.9. The highest BCUT2D eigenvalue weighted by Crippen LogP contribution is 2.32. The molecule has 0 aliphatic carbocycles. The van der Waals surface area contributed by atoms with Gasteiger partial charge >= 0.3 is 0 Å². The predicted molar refractivity (Wildman–Crippen MR) is 112 cm³/mol. The van der Waals surface area contributed by atoms with Gasteiger partial charge in [0.2, 0.25) is 0 Å². The van der Waals surface area contributed by atoms with E-state index in [1.54, 1.807) is 11.0 Å². The molecule has 1 aromatic carbocycles. The number of aryl methyl sites for hydroxylation is 1. The summed E-state index contributed by atoms with van der Waals surface area (Å²) >= 11 is 6.23. The highest BCUT2D eigenvalue weighted by Gasteiger charge is 2.36. The summed E-state index contributed by atoms with van der Waals surface area (Å²) in [4.78, 5) is 17.3. The Morgan fingerprint density at radius 2 is 1.96 bits per heavy atom. The molecule has 1 fully saturated rings. The maximum Gasteiger partial charge on any atom is 0.290 e. The third-order valence-electron chi connectivity index (χ3n) is 5.57. The van der Waals surface area contributed by atoms with E-state index in [9.17, 15) is 13.2 Å². The highest BCUT2D eigenvalue weighted by atomic mass is 35.5. The number of carbonyl (C=O) groups excluding carboxylic acids is 1. The molecule has 0 bridgehead atoms. The van der Waals surface area contributed by atoms with E-state index < -0.39 is 9.84 Å². The monoisotopic (exact) mass is 426 g/mol. The topological polar surface area (TPSA) is 70.8 Å². The second-order valence-electron chi connectivity index (χ2n) is 7.25. The van der Waals surface area contributed by atoms with E-state index in [1.807, 2.05) is 19.1 Å². The summed E-state index contributed by atoms with van der Waals surface area (Å²) in [6, 6.07) is 5.10. The number of sulfone groups is 1. The third kappa shape index (κ3) is 4.21. The van der Waals surface area contributed by atoms with Crippen LogP contribution in [0.5, 0.6) is 0 Å². The van der Waals surface area contributed by atoms with Crippen molar-refractivity contribution in [3.8, 4) is 0 Å². The quantitative estimate of drug-likeness (QED) is 0.678. The number of hydrogen-bond acceptors (Lipinski definition) is 5. The summed E-state index contributed by atoms with van der Waals surface area (Å²) in [5.41, 5.74) is 1.23. The van der Waals surface area contributed by atoms with Gasteiger partial charge in [0.15, 0.2) is 21.2 Å². The zero-order valence-corrected chi connectivity index (χ0v) is 18.1. The summed E-state index contributed by atoms with van der Waals surface area (Å²) in [5.74, 6) is 0.111. The van der Waals surface area contributed by atoms with E-state index in [4.69, 9.17) is 16.0 Å². The van der Waals surface area contributed by atoms with Crippen molar-refractivity contribution in [1.82, 2.24) is 9.80 Å². The zero-order chi connectivity index (χ0) is 20.5. The van der Waals surface area contributed by atoms with E-state index >= 15 is 0 Å². The molecular formula is C20H27ClN2O4S. The van der Waals surface area contributed by atoms with Gasteiger partial charge in [-0.1, -0.05) is 37.6 Å². The Labute approximate surface area is 171 Å². The number of benzene rings is 1. The Bertz CT molecular complexity index is 966. The number of hydrogen-bond donors (Lipinski definition) is 0. The minimum absolute atomic E-state index is 0.0109. The summed E-state index contributed by atoms with van der Waals surface area (Å²) in [6.45, 7) is 8.88. The summed E-state index contributed by atoms with van der Waals surface area (Å²) in [5, 5.41) is 1.26. The molecule has 1 amide bonds. The highest BCUT2D eigenvalue weighted by molar-refractivity contribution is 7.91. The Morgan fingerprint density at radius 1 is 1.25 bits per heavy atom. The van der Waals surface area contributed by atoms with Crippen molar-refractivity contribution < 1.29 is 17.6 Å². The van der Waals surface area contributed by atoms with Gasteiger partial charge < -0.3 is 14.2 Å². The predicted octanol–water partition coefficient (Wildman–Crippen LogP) is 3.37. The van der Waals surface area contributed by atoms with E-state index in [2.05, 4.69) is 18.7 Å². The molecule has 154 valence electrons. The average Bonchev–Trinajstić information content (AvgIpc) is 3.19. The fraction of sp³-hybridized carbons (Fsp3) is 0.550. The molecule has 8 heteroatoms. The summed E-state index contributed by atoms with van der Waals surface area (Å²) in [7, 11) is -3.11. The largest absolute Gasteiger partial charge is 0.449 e. The van der Waals surface area contributed by atoms with Crippen molar-refractivity contribution in [2.24, 2.45) is 0 Å². The number of amides is 1. The Balaban J connectivity index is 1.94. The average molecular weight is 427 g/mol. The van der Waals surface area contributed by atoms with Gasteiger partial charge in [0, 0.05) is 30.1 Å². The van der Waals surface area contributed by atoms with Gasteiger partial charge in [0.25, 0.3) is 5.91 Å². The zero-order valence-electron chi connectivity index (χ0n) is 16.6. The normalized spacial score (nSPS) is 18.8. The number of carbonyl (C=O) groups is 1. The molecule has 1 aliphatic heterocycles. The van der Waals surface area contributed by atoms with Crippen molar-refractivity contribution in [3.05, 3.63) is 34.5 Å². The number of furan rings is 1. The second kappa shape index (κ2) is 8.43. The first-order chi connectivity index (χ1) is 13.3. The number of para-hydroxylation sites is 1. The molecule has 1 saturated heterocycles. The molecule has 28 heavy (non-hydrogen) atoms. The molecule has 0 spiro atoms. The number of nitrogens with zero attached hydrogens (tertiary/aromatic N) is 2. The minimum atomic E-state index is -3.11. The molecule has 6 nitrogen and oxygen atoms in total. The van der Waals surface area contributed by atoms with Crippen LogP contribution in [0.3, 0.4) is 0 Å². The van der Waals surface area contributed by atoms with Crippen LogP contribution in [0.25, 0.3) is 11.0 Å². The smallest absolute Gasteiger partial charge is 0.290 e. The SMILES string of the molecule is CCN(CC)CCN(C(=O)c1oc2c(Cl)cccc2c1C)C1CCS(=O)(=O)C1. The Kier molecular flexibility index (Phi) is 6.37. The number of rotatable bonds is 7. The molecule has 1 atom stereocenters. The van der Waals surface area contributed by atoms with Crippen molar-refractivity contribution in [2.45, 2.75) is 33.2 Å². The van der Waals surface area contributed by atoms with Gasteiger partial charge in [-0.2, -0.15) is 0 Å². The number of halogens is 1. The molecule has 0 saturated carbocycles. The van der Waals surface area contributed by atoms with E-state index in [0.717, 1.165) is 24.0 Å².